The lowest BCUT2D eigenvalue weighted by Crippen LogP contribution is -2.41. The smallest absolute Gasteiger partial charge is 0.338 e. The van der Waals surface area contributed by atoms with Gasteiger partial charge in [0.25, 0.3) is 0 Å². The van der Waals surface area contributed by atoms with Crippen LogP contribution in [0.25, 0.3) is 11.1 Å². The quantitative estimate of drug-likeness (QED) is 0.161. The first-order valence-electron chi connectivity index (χ1n) is 11.8. The number of aromatic nitrogens is 2. The fourth-order valence-electron chi connectivity index (χ4n) is 3.64. The largest absolute Gasteiger partial charge is 0.399 e. The van der Waals surface area contributed by atoms with E-state index in [2.05, 4.69) is 37.8 Å². The SMILES string of the molecule is C=C(C)C(=O)OC(CCCCCCCCCCC)[n+]1ccc(-c2cc[n+](C)cc2)cc1. The fourth-order valence-corrected chi connectivity index (χ4v) is 3.64. The van der Waals surface area contributed by atoms with Crippen LogP contribution in [0.1, 0.15) is 84.3 Å². The van der Waals surface area contributed by atoms with Crippen LogP contribution in [0.4, 0.5) is 0 Å². The average Bonchev–Trinajstić information content (AvgIpc) is 2.77. The number of rotatable bonds is 14. The van der Waals surface area contributed by atoms with Gasteiger partial charge in [-0.2, -0.15) is 4.57 Å². The zero-order valence-corrected chi connectivity index (χ0v) is 19.7. The maximum Gasteiger partial charge on any atom is 0.338 e. The van der Waals surface area contributed by atoms with Crippen molar-refractivity contribution in [3.8, 4) is 11.1 Å². The van der Waals surface area contributed by atoms with Gasteiger partial charge in [-0.3, -0.25) is 0 Å². The first-order valence-corrected chi connectivity index (χ1v) is 11.8. The highest BCUT2D eigenvalue weighted by atomic mass is 16.6. The molecule has 0 amide bonds. The molecule has 2 aromatic rings. The second-order valence-electron chi connectivity index (χ2n) is 8.54. The third-order valence-electron chi connectivity index (χ3n) is 5.64. The number of carbonyl (C=O) groups is 1. The van der Waals surface area contributed by atoms with Crippen molar-refractivity contribution >= 4 is 5.97 Å². The molecule has 0 N–H and O–H groups in total. The van der Waals surface area contributed by atoms with Crippen LogP contribution in [0.3, 0.4) is 0 Å². The molecule has 2 rings (SSSR count). The molecule has 0 radical (unpaired) electrons. The van der Waals surface area contributed by atoms with Crippen molar-refractivity contribution < 1.29 is 18.7 Å². The highest BCUT2D eigenvalue weighted by molar-refractivity contribution is 5.86. The molecule has 0 aliphatic heterocycles. The molecule has 4 heteroatoms. The molecule has 168 valence electrons. The maximum atomic E-state index is 12.2. The van der Waals surface area contributed by atoms with Gasteiger partial charge in [-0.05, 0) is 24.5 Å². The summed E-state index contributed by atoms with van der Waals surface area (Å²) in [5.74, 6) is -0.326. The van der Waals surface area contributed by atoms with Gasteiger partial charge < -0.3 is 4.74 Å². The van der Waals surface area contributed by atoms with E-state index in [1.165, 1.54) is 56.9 Å². The lowest BCUT2D eigenvalue weighted by Gasteiger charge is -2.14. The van der Waals surface area contributed by atoms with Crippen LogP contribution in [0, 0.1) is 0 Å². The maximum absolute atomic E-state index is 12.2. The molecule has 0 aromatic carbocycles. The van der Waals surface area contributed by atoms with Gasteiger partial charge in [-0.1, -0.05) is 64.9 Å². The molecule has 2 aromatic heterocycles. The van der Waals surface area contributed by atoms with Gasteiger partial charge >= 0.3 is 12.2 Å². The number of unbranched alkanes of at least 4 members (excludes halogenated alkanes) is 8. The van der Waals surface area contributed by atoms with Gasteiger partial charge in [0.05, 0.1) is 0 Å². The van der Waals surface area contributed by atoms with Crippen molar-refractivity contribution in [3.05, 3.63) is 61.2 Å². The van der Waals surface area contributed by atoms with E-state index in [-0.39, 0.29) is 12.2 Å². The summed E-state index contributed by atoms with van der Waals surface area (Å²) < 4.78 is 9.77. The Morgan fingerprint density at radius 1 is 0.871 bits per heavy atom. The Bertz CT molecular complexity index is 797. The predicted molar refractivity (Wildman–Crippen MR) is 125 cm³/mol. The Labute approximate surface area is 188 Å². The molecular formula is C27H40N2O2+2. The third-order valence-corrected chi connectivity index (χ3v) is 5.64. The summed E-state index contributed by atoms with van der Waals surface area (Å²) in [7, 11) is 2.01. The van der Waals surface area contributed by atoms with Crippen molar-refractivity contribution in [3.63, 3.8) is 0 Å². The number of esters is 1. The van der Waals surface area contributed by atoms with E-state index in [4.69, 9.17) is 4.74 Å². The number of aryl methyl sites for hydroxylation is 1. The second-order valence-corrected chi connectivity index (χ2v) is 8.54. The normalized spacial score (nSPS) is 11.8. The molecular weight excluding hydrogens is 384 g/mol. The summed E-state index contributed by atoms with van der Waals surface area (Å²) in [6.45, 7) is 7.68. The van der Waals surface area contributed by atoms with Crippen LogP contribution in [-0.2, 0) is 16.6 Å². The van der Waals surface area contributed by atoms with E-state index in [9.17, 15) is 4.79 Å². The van der Waals surface area contributed by atoms with Gasteiger partial charge in [-0.25, -0.2) is 9.36 Å². The highest BCUT2D eigenvalue weighted by Gasteiger charge is 2.23. The standard InChI is InChI=1S/C27H40N2O2/c1-5-6-7-8-9-10-11-12-13-14-26(31-27(30)23(2)3)29-21-17-25(18-22-29)24-15-19-28(4)20-16-24/h15-22,26H,2,5-14H2,1,3-4H3/q+2. The van der Waals surface area contributed by atoms with E-state index < -0.39 is 0 Å². The van der Waals surface area contributed by atoms with Gasteiger partial charge in [0, 0.05) is 36.3 Å². The predicted octanol–water partition coefficient (Wildman–Crippen LogP) is 6.00. The minimum absolute atomic E-state index is 0.295. The number of hydrogen-bond donors (Lipinski definition) is 0. The summed E-state index contributed by atoms with van der Waals surface area (Å²) in [5.41, 5.74) is 2.75. The molecule has 31 heavy (non-hydrogen) atoms. The summed E-state index contributed by atoms with van der Waals surface area (Å²) in [6.07, 6.45) is 20.1. The van der Waals surface area contributed by atoms with Crippen LogP contribution in [0.5, 0.6) is 0 Å². The Hall–Kier alpha value is -2.49. The van der Waals surface area contributed by atoms with Gasteiger partial charge in [0.1, 0.15) is 7.05 Å². The molecule has 0 aliphatic rings. The monoisotopic (exact) mass is 424 g/mol. The molecule has 4 nitrogen and oxygen atoms in total. The molecule has 0 bridgehead atoms. The second kappa shape index (κ2) is 13.7. The number of pyridine rings is 2. The van der Waals surface area contributed by atoms with Crippen LogP contribution in [-0.4, -0.2) is 5.97 Å². The molecule has 0 saturated carbocycles. The van der Waals surface area contributed by atoms with Crippen molar-refractivity contribution in [1.82, 2.24) is 0 Å². The Balaban J connectivity index is 1.90. The highest BCUT2D eigenvalue weighted by Crippen LogP contribution is 2.19. The minimum atomic E-state index is -0.326. The molecule has 0 aliphatic carbocycles. The summed E-state index contributed by atoms with van der Waals surface area (Å²) >= 11 is 0. The van der Waals surface area contributed by atoms with Crippen molar-refractivity contribution in [1.29, 1.82) is 0 Å². The lowest BCUT2D eigenvalue weighted by molar-refractivity contribution is -0.757. The van der Waals surface area contributed by atoms with Crippen molar-refractivity contribution in [2.75, 3.05) is 0 Å². The molecule has 0 fully saturated rings. The zero-order chi connectivity index (χ0) is 22.5. The number of ether oxygens (including phenoxy) is 1. The molecule has 1 unspecified atom stereocenters. The average molecular weight is 425 g/mol. The Kier molecular flexibility index (Phi) is 11.0. The van der Waals surface area contributed by atoms with Crippen LogP contribution in [0.15, 0.2) is 61.2 Å². The van der Waals surface area contributed by atoms with Gasteiger partial charge in [-0.15, -0.1) is 0 Å². The number of hydrogen-bond acceptors (Lipinski definition) is 2. The van der Waals surface area contributed by atoms with E-state index in [0.717, 1.165) is 18.4 Å². The minimum Gasteiger partial charge on any atom is -0.399 e. The number of nitrogens with zero attached hydrogens (tertiary/aromatic N) is 2. The van der Waals surface area contributed by atoms with Crippen LogP contribution < -0.4 is 9.13 Å². The first-order chi connectivity index (χ1) is 15.0. The molecule has 0 spiro atoms. The first kappa shape index (κ1) is 24.8. The molecule has 2 heterocycles. The summed E-state index contributed by atoms with van der Waals surface area (Å²) in [4.78, 5) is 12.2. The van der Waals surface area contributed by atoms with Gasteiger partial charge in [0.15, 0.2) is 24.8 Å². The van der Waals surface area contributed by atoms with Crippen LogP contribution in [0.2, 0.25) is 0 Å². The molecule has 1 atom stereocenters. The zero-order valence-electron chi connectivity index (χ0n) is 19.7. The van der Waals surface area contributed by atoms with Gasteiger partial charge in [0.2, 0.25) is 0 Å². The van der Waals surface area contributed by atoms with Crippen LogP contribution >= 0.6 is 0 Å². The Morgan fingerprint density at radius 2 is 1.35 bits per heavy atom. The van der Waals surface area contributed by atoms with E-state index in [1.54, 1.807) is 6.92 Å². The Morgan fingerprint density at radius 3 is 1.87 bits per heavy atom. The topological polar surface area (TPSA) is 34.1 Å². The van der Waals surface area contributed by atoms with Crippen molar-refractivity contribution in [2.24, 2.45) is 7.05 Å². The number of carbonyl (C=O) groups excluding carboxylic acids is 1. The van der Waals surface area contributed by atoms with E-state index in [1.807, 2.05) is 41.0 Å². The summed E-state index contributed by atoms with van der Waals surface area (Å²) in [6, 6.07) is 8.35. The fraction of sp³-hybridized carbons (Fsp3) is 0.519. The summed E-state index contributed by atoms with van der Waals surface area (Å²) in [5, 5.41) is 0. The van der Waals surface area contributed by atoms with Crippen molar-refractivity contribution in [2.45, 2.75) is 84.3 Å². The lowest BCUT2D eigenvalue weighted by atomic mass is 10.1. The molecule has 0 saturated heterocycles. The third kappa shape index (κ3) is 9.04. The van der Waals surface area contributed by atoms with E-state index in [0.29, 0.717) is 5.57 Å². The van der Waals surface area contributed by atoms with E-state index >= 15 is 0 Å².